The van der Waals surface area contributed by atoms with E-state index in [1.807, 2.05) is 4.98 Å². The Labute approximate surface area is 216 Å². The van der Waals surface area contributed by atoms with Crippen molar-refractivity contribution in [1.29, 1.82) is 0 Å². The van der Waals surface area contributed by atoms with E-state index in [0.717, 1.165) is 35.6 Å². The smallest absolute Gasteiger partial charge is 0.433 e. The third kappa shape index (κ3) is 5.46. The lowest BCUT2D eigenvalue weighted by Gasteiger charge is -2.20. The maximum absolute atomic E-state index is 15.0. The van der Waals surface area contributed by atoms with Crippen LogP contribution in [-0.2, 0) is 12.7 Å². The second-order valence-electron chi connectivity index (χ2n) is 8.83. The summed E-state index contributed by atoms with van der Waals surface area (Å²) in [4.78, 5) is 35.5. The second-order valence-corrected chi connectivity index (χ2v) is 8.83. The molecule has 5 heterocycles. The lowest BCUT2D eigenvalue weighted by Crippen LogP contribution is -2.36. The number of H-pyrrole nitrogens is 2. The normalized spacial score (nSPS) is 17.5. The number of nitrogens with zero attached hydrogens (tertiary/aromatic N) is 5. The zero-order chi connectivity index (χ0) is 29.0. The number of rotatable bonds is 5. The number of pyridine rings is 2. The van der Waals surface area contributed by atoms with E-state index < -0.39 is 78.1 Å². The van der Waals surface area contributed by atoms with Crippen LogP contribution >= 0.6 is 0 Å². The first-order valence-electron chi connectivity index (χ1n) is 11.2. The molecule has 0 unspecified atom stereocenters. The van der Waals surface area contributed by atoms with Crippen molar-refractivity contribution in [2.24, 2.45) is 0 Å². The van der Waals surface area contributed by atoms with Crippen LogP contribution in [-0.4, -0.2) is 61.0 Å². The molecule has 1 saturated heterocycles. The van der Waals surface area contributed by atoms with Crippen LogP contribution in [0.1, 0.15) is 5.69 Å². The molecule has 212 valence electrons. The molecule has 0 aromatic carbocycles. The molecule has 0 aliphatic carbocycles. The number of nitrogens with one attached hydrogen (secondary N) is 2. The lowest BCUT2D eigenvalue weighted by molar-refractivity contribution is -0.142. The van der Waals surface area contributed by atoms with Gasteiger partial charge in [-0.15, -0.1) is 0 Å². The minimum Gasteiger partial charge on any atom is -0.466 e. The van der Waals surface area contributed by atoms with Gasteiger partial charge in [-0.1, -0.05) is 0 Å². The van der Waals surface area contributed by atoms with Crippen molar-refractivity contribution in [3.05, 3.63) is 63.3 Å². The molecule has 0 saturated carbocycles. The van der Waals surface area contributed by atoms with Crippen LogP contribution in [0.3, 0.4) is 0 Å². The Hall–Kier alpha value is -4.51. The van der Waals surface area contributed by atoms with Crippen molar-refractivity contribution >= 4 is 16.6 Å². The number of anilines is 1. The number of halogens is 8. The predicted octanol–water partition coefficient (Wildman–Crippen LogP) is 3.35. The maximum Gasteiger partial charge on any atom is 0.433 e. The summed E-state index contributed by atoms with van der Waals surface area (Å²) < 4.78 is 115. The van der Waals surface area contributed by atoms with Gasteiger partial charge in [-0.3, -0.25) is 14.5 Å². The summed E-state index contributed by atoms with van der Waals surface area (Å²) in [5, 5.41) is 3.80. The van der Waals surface area contributed by atoms with Gasteiger partial charge in [0.1, 0.15) is 12.2 Å². The van der Waals surface area contributed by atoms with E-state index in [9.17, 15) is 44.7 Å². The molecule has 5 rings (SSSR count). The zero-order valence-electron chi connectivity index (χ0n) is 19.6. The number of alkyl halides is 8. The van der Waals surface area contributed by atoms with E-state index in [-0.39, 0.29) is 16.6 Å². The van der Waals surface area contributed by atoms with Crippen LogP contribution in [0, 0.1) is 0 Å². The van der Waals surface area contributed by atoms with Crippen LogP contribution in [0.5, 0.6) is 5.88 Å². The third-order valence-electron chi connectivity index (χ3n) is 5.91. The molecule has 0 bridgehead atoms. The van der Waals surface area contributed by atoms with Crippen molar-refractivity contribution in [3.8, 4) is 17.1 Å². The predicted molar refractivity (Wildman–Crippen MR) is 121 cm³/mol. The number of hydrogen-bond acceptors (Lipinski definition) is 7. The fourth-order valence-corrected chi connectivity index (χ4v) is 4.12. The van der Waals surface area contributed by atoms with Crippen LogP contribution in [0.15, 0.2) is 46.4 Å². The fraction of sp³-hybridized carbons (Fsp3) is 0.318. The molecule has 0 radical (unpaired) electrons. The molecule has 40 heavy (non-hydrogen) atoms. The van der Waals surface area contributed by atoms with Crippen molar-refractivity contribution in [2.45, 2.75) is 30.9 Å². The first-order chi connectivity index (χ1) is 18.6. The molecular weight excluding hydrogens is 562 g/mol. The number of ether oxygens (including phenoxy) is 1. The summed E-state index contributed by atoms with van der Waals surface area (Å²) in [6.45, 7) is -3.21. The minimum atomic E-state index is -5.02. The fourth-order valence-electron chi connectivity index (χ4n) is 4.12. The van der Waals surface area contributed by atoms with Gasteiger partial charge in [-0.25, -0.2) is 23.5 Å². The zero-order valence-corrected chi connectivity index (χ0v) is 19.6. The number of hydrogen-bond donors (Lipinski definition) is 2. The van der Waals surface area contributed by atoms with E-state index in [1.54, 1.807) is 0 Å². The Morgan fingerprint density at radius 3 is 2.50 bits per heavy atom. The molecule has 1 atom stereocenters. The largest absolute Gasteiger partial charge is 0.466 e. The van der Waals surface area contributed by atoms with Gasteiger partial charge < -0.3 is 14.6 Å². The molecule has 0 amide bonds. The van der Waals surface area contributed by atoms with Crippen LogP contribution in [0.2, 0.25) is 0 Å². The highest BCUT2D eigenvalue weighted by atomic mass is 19.4. The molecule has 1 aliphatic rings. The monoisotopic (exact) mass is 577 g/mol. The SMILES string of the molecule is O=c1[nH]cc(-c2cc(N3C[C@H](Oc4cc5c(cn4)cnn5CC(F)(F)F)C(F)(F)C3)cc(C(F)(F)F)n2)c(=O)[nH]1. The third-order valence-corrected chi connectivity index (χ3v) is 5.91. The van der Waals surface area contributed by atoms with E-state index >= 15 is 0 Å². The lowest BCUT2D eigenvalue weighted by atomic mass is 10.1. The molecule has 1 aliphatic heterocycles. The Kier molecular flexibility index (Phi) is 6.30. The maximum atomic E-state index is 15.0. The van der Waals surface area contributed by atoms with Crippen molar-refractivity contribution in [1.82, 2.24) is 29.7 Å². The van der Waals surface area contributed by atoms with Gasteiger partial charge in [-0.2, -0.15) is 31.4 Å². The summed E-state index contributed by atoms with van der Waals surface area (Å²) in [6.07, 6.45) is -8.56. The van der Waals surface area contributed by atoms with Crippen LogP contribution < -0.4 is 20.9 Å². The highest BCUT2D eigenvalue weighted by molar-refractivity contribution is 5.78. The van der Waals surface area contributed by atoms with Gasteiger partial charge in [0, 0.05) is 29.5 Å². The van der Waals surface area contributed by atoms with Gasteiger partial charge in [0.15, 0.2) is 6.10 Å². The summed E-state index contributed by atoms with van der Waals surface area (Å²) in [5.74, 6) is -4.09. The Bertz CT molecular complexity index is 1690. The molecule has 0 spiro atoms. The van der Waals surface area contributed by atoms with Gasteiger partial charge in [0.05, 0.1) is 36.1 Å². The quantitative estimate of drug-likeness (QED) is 0.349. The summed E-state index contributed by atoms with van der Waals surface area (Å²) >= 11 is 0. The Morgan fingerprint density at radius 2 is 1.82 bits per heavy atom. The first kappa shape index (κ1) is 27.1. The topological polar surface area (TPSA) is 122 Å². The first-order valence-corrected chi connectivity index (χ1v) is 11.2. The van der Waals surface area contributed by atoms with Gasteiger partial charge in [0.2, 0.25) is 5.88 Å². The molecule has 18 heteroatoms. The van der Waals surface area contributed by atoms with Gasteiger partial charge in [-0.05, 0) is 12.1 Å². The summed E-state index contributed by atoms with van der Waals surface area (Å²) in [5.41, 5.74) is -4.91. The summed E-state index contributed by atoms with van der Waals surface area (Å²) in [6, 6.07) is 2.49. The molecule has 4 aromatic heterocycles. The van der Waals surface area contributed by atoms with E-state index in [1.165, 1.54) is 0 Å². The van der Waals surface area contributed by atoms with E-state index in [4.69, 9.17) is 4.74 Å². The molecule has 1 fully saturated rings. The number of aromatic amines is 2. The van der Waals surface area contributed by atoms with Gasteiger partial charge >= 0.3 is 24.0 Å². The van der Waals surface area contributed by atoms with Crippen molar-refractivity contribution in [2.75, 3.05) is 18.0 Å². The Balaban J connectivity index is 1.46. The standard InChI is InChI=1S/C22H15F8N7O3/c23-20(24)8-36(7-16(20)40-17-3-14-10(4-31-17)5-33-37(14)9-21(25,26)27)11-1-13(34-15(2-11)22(28,29)30)12-6-32-19(39)35-18(12)38/h1-6,16H,7-9H2,(H2,32,35,38,39)/t16-/m0/s1. The van der Waals surface area contributed by atoms with E-state index in [0.29, 0.717) is 10.7 Å². The van der Waals surface area contributed by atoms with Crippen molar-refractivity contribution < 1.29 is 39.9 Å². The molecule has 10 nitrogen and oxygen atoms in total. The van der Waals surface area contributed by atoms with Gasteiger partial charge in [0.25, 0.3) is 5.56 Å². The highest BCUT2D eigenvalue weighted by Gasteiger charge is 2.51. The molecular formula is C22H15F8N7O3. The molecule has 2 N–H and O–H groups in total. The van der Waals surface area contributed by atoms with E-state index in [2.05, 4.69) is 20.1 Å². The average Bonchev–Trinajstić information content (AvgIpc) is 3.36. The van der Waals surface area contributed by atoms with Crippen molar-refractivity contribution in [3.63, 3.8) is 0 Å². The number of aromatic nitrogens is 6. The number of fused-ring (bicyclic) bond motifs is 1. The second kappa shape index (κ2) is 9.30. The Morgan fingerprint density at radius 1 is 1.07 bits per heavy atom. The average molecular weight is 577 g/mol. The molecule has 4 aromatic rings. The summed E-state index contributed by atoms with van der Waals surface area (Å²) in [7, 11) is 0. The van der Waals surface area contributed by atoms with Crippen LogP contribution in [0.4, 0.5) is 40.8 Å². The van der Waals surface area contributed by atoms with Crippen LogP contribution in [0.25, 0.3) is 22.2 Å². The highest BCUT2D eigenvalue weighted by Crippen LogP contribution is 2.38. The minimum absolute atomic E-state index is 0.0831.